The molecule has 0 spiro atoms. The third-order valence-electron chi connectivity index (χ3n) is 3.55. The fourth-order valence-electron chi connectivity index (χ4n) is 2.46. The molecule has 2 amide bonds. The molecule has 0 aromatic heterocycles. The van der Waals surface area contributed by atoms with E-state index in [1.807, 2.05) is 49.4 Å². The van der Waals surface area contributed by atoms with Crippen LogP contribution in [0.25, 0.3) is 0 Å². The molecule has 0 atom stereocenters. The Hall–Kier alpha value is -2.49. The molecule has 0 fully saturated rings. The van der Waals surface area contributed by atoms with E-state index >= 15 is 0 Å². The van der Waals surface area contributed by atoms with Gasteiger partial charge in [-0.3, -0.25) is 4.90 Å². The van der Waals surface area contributed by atoms with Gasteiger partial charge in [0.1, 0.15) is 0 Å². The predicted molar refractivity (Wildman–Crippen MR) is 82.1 cm³/mol. The first-order chi connectivity index (χ1) is 9.63. The Labute approximate surface area is 118 Å². The average Bonchev–Trinajstić information content (AvgIpc) is 2.84. The van der Waals surface area contributed by atoms with Crippen molar-refractivity contribution in [1.29, 1.82) is 0 Å². The summed E-state index contributed by atoms with van der Waals surface area (Å²) in [7, 11) is 0. The number of anilines is 3. The molecule has 2 aromatic carbocycles. The van der Waals surface area contributed by atoms with Crippen molar-refractivity contribution in [3.63, 3.8) is 0 Å². The maximum absolute atomic E-state index is 12.3. The monoisotopic (exact) mass is 267 g/mol. The zero-order valence-corrected chi connectivity index (χ0v) is 11.4. The van der Waals surface area contributed by atoms with Crippen LogP contribution in [0.1, 0.15) is 11.1 Å². The Balaban J connectivity index is 1.78. The first kappa shape index (κ1) is 12.5. The molecule has 0 aliphatic carbocycles. The second-order valence-corrected chi connectivity index (χ2v) is 5.09. The Morgan fingerprint density at radius 2 is 1.95 bits per heavy atom. The molecule has 3 rings (SSSR count). The number of amides is 2. The first-order valence-electron chi connectivity index (χ1n) is 6.67. The fraction of sp³-hybridized carbons (Fsp3) is 0.188. The second-order valence-electron chi connectivity index (χ2n) is 5.09. The highest BCUT2D eigenvalue weighted by molar-refractivity contribution is 6.03. The fourth-order valence-corrected chi connectivity index (χ4v) is 2.46. The van der Waals surface area contributed by atoms with Crippen LogP contribution < -0.4 is 16.0 Å². The third-order valence-corrected chi connectivity index (χ3v) is 3.55. The van der Waals surface area contributed by atoms with Crippen molar-refractivity contribution < 1.29 is 4.79 Å². The molecule has 0 saturated heterocycles. The molecule has 102 valence electrons. The minimum Gasteiger partial charge on any atom is -0.399 e. The highest BCUT2D eigenvalue weighted by Gasteiger charge is 2.24. The number of hydrogen-bond acceptors (Lipinski definition) is 2. The number of nitrogens with one attached hydrogen (secondary N) is 1. The smallest absolute Gasteiger partial charge is 0.326 e. The zero-order chi connectivity index (χ0) is 14.1. The summed E-state index contributed by atoms with van der Waals surface area (Å²) >= 11 is 0. The summed E-state index contributed by atoms with van der Waals surface area (Å²) in [5.41, 5.74) is 10.6. The second kappa shape index (κ2) is 4.89. The standard InChI is InChI=1S/C16H17N3O/c1-11-2-5-14(6-3-11)18-16(20)19-9-8-12-10-13(17)4-7-15(12)19/h2-7,10H,8-9,17H2,1H3,(H,18,20). The number of carbonyl (C=O) groups excluding carboxylic acids is 1. The maximum atomic E-state index is 12.3. The van der Waals surface area contributed by atoms with Crippen LogP contribution in [-0.2, 0) is 6.42 Å². The molecule has 4 heteroatoms. The van der Waals surface area contributed by atoms with Crippen LogP contribution in [0, 0.1) is 6.92 Å². The highest BCUT2D eigenvalue weighted by Crippen LogP contribution is 2.30. The van der Waals surface area contributed by atoms with E-state index in [9.17, 15) is 4.79 Å². The van der Waals surface area contributed by atoms with Gasteiger partial charge in [-0.05, 0) is 49.2 Å². The molecule has 2 aromatic rings. The van der Waals surface area contributed by atoms with Crippen molar-refractivity contribution >= 4 is 23.1 Å². The van der Waals surface area contributed by atoms with Crippen LogP contribution in [0.15, 0.2) is 42.5 Å². The molecule has 0 unspecified atom stereocenters. The van der Waals surface area contributed by atoms with Gasteiger partial charge in [-0.25, -0.2) is 4.79 Å². The molecule has 1 aliphatic heterocycles. The summed E-state index contributed by atoms with van der Waals surface area (Å²) in [6.07, 6.45) is 0.849. The number of nitrogens with zero attached hydrogens (tertiary/aromatic N) is 1. The number of carbonyl (C=O) groups is 1. The van der Waals surface area contributed by atoms with E-state index < -0.39 is 0 Å². The minimum absolute atomic E-state index is 0.0997. The number of nitrogens with two attached hydrogens (primary N) is 1. The van der Waals surface area contributed by atoms with Crippen LogP contribution in [0.5, 0.6) is 0 Å². The summed E-state index contributed by atoms with van der Waals surface area (Å²) < 4.78 is 0. The number of fused-ring (bicyclic) bond motifs is 1. The van der Waals surface area contributed by atoms with Gasteiger partial charge in [-0.2, -0.15) is 0 Å². The van der Waals surface area contributed by atoms with E-state index in [1.165, 1.54) is 5.56 Å². The van der Waals surface area contributed by atoms with Crippen LogP contribution >= 0.6 is 0 Å². The van der Waals surface area contributed by atoms with Crippen LogP contribution in [-0.4, -0.2) is 12.6 Å². The van der Waals surface area contributed by atoms with Crippen LogP contribution in [0.2, 0.25) is 0 Å². The van der Waals surface area contributed by atoms with Crippen molar-refractivity contribution in [2.24, 2.45) is 0 Å². The molecule has 0 radical (unpaired) electrons. The summed E-state index contributed by atoms with van der Waals surface area (Å²) in [6, 6.07) is 13.4. The van der Waals surface area contributed by atoms with Crippen LogP contribution in [0.3, 0.4) is 0 Å². The van der Waals surface area contributed by atoms with E-state index in [1.54, 1.807) is 4.90 Å². The van der Waals surface area contributed by atoms with Gasteiger partial charge in [0.15, 0.2) is 0 Å². The zero-order valence-electron chi connectivity index (χ0n) is 11.4. The molecule has 4 nitrogen and oxygen atoms in total. The molecular weight excluding hydrogens is 250 g/mol. The number of nitrogen functional groups attached to an aromatic ring is 1. The first-order valence-corrected chi connectivity index (χ1v) is 6.67. The minimum atomic E-state index is -0.0997. The molecule has 0 bridgehead atoms. The molecule has 3 N–H and O–H groups in total. The van der Waals surface area contributed by atoms with Crippen molar-refractivity contribution in [3.05, 3.63) is 53.6 Å². The Morgan fingerprint density at radius 3 is 2.70 bits per heavy atom. The lowest BCUT2D eigenvalue weighted by Gasteiger charge is -2.18. The van der Waals surface area contributed by atoms with E-state index in [-0.39, 0.29) is 6.03 Å². The predicted octanol–water partition coefficient (Wildman–Crippen LogP) is 3.17. The number of aryl methyl sites for hydroxylation is 1. The lowest BCUT2D eigenvalue weighted by atomic mass is 10.1. The van der Waals surface area contributed by atoms with E-state index in [4.69, 9.17) is 5.73 Å². The van der Waals surface area contributed by atoms with Crippen molar-refractivity contribution in [2.45, 2.75) is 13.3 Å². The summed E-state index contributed by atoms with van der Waals surface area (Å²) in [4.78, 5) is 14.1. The normalized spacial score (nSPS) is 13.2. The van der Waals surface area contributed by atoms with Crippen molar-refractivity contribution in [3.8, 4) is 0 Å². The van der Waals surface area contributed by atoms with Gasteiger partial charge in [0.25, 0.3) is 0 Å². The Kier molecular flexibility index (Phi) is 3.06. The Morgan fingerprint density at radius 1 is 1.20 bits per heavy atom. The van der Waals surface area contributed by atoms with E-state index in [2.05, 4.69) is 5.32 Å². The number of rotatable bonds is 1. The molecular formula is C16H17N3O. The lowest BCUT2D eigenvalue weighted by Crippen LogP contribution is -2.33. The van der Waals surface area contributed by atoms with Gasteiger partial charge >= 0.3 is 6.03 Å². The third kappa shape index (κ3) is 2.32. The number of hydrogen-bond donors (Lipinski definition) is 2. The largest absolute Gasteiger partial charge is 0.399 e. The maximum Gasteiger partial charge on any atom is 0.326 e. The summed E-state index contributed by atoms with van der Waals surface area (Å²) in [5.74, 6) is 0. The quantitative estimate of drug-likeness (QED) is 0.780. The van der Waals surface area contributed by atoms with E-state index in [0.29, 0.717) is 6.54 Å². The molecule has 1 aliphatic rings. The van der Waals surface area contributed by atoms with E-state index in [0.717, 1.165) is 29.0 Å². The Bertz CT molecular complexity index is 649. The van der Waals surface area contributed by atoms with Gasteiger partial charge in [0, 0.05) is 23.6 Å². The number of benzene rings is 2. The summed E-state index contributed by atoms with van der Waals surface area (Å²) in [5, 5.41) is 2.92. The van der Waals surface area contributed by atoms with Crippen LogP contribution in [0.4, 0.5) is 21.9 Å². The van der Waals surface area contributed by atoms with Gasteiger partial charge in [-0.1, -0.05) is 17.7 Å². The number of urea groups is 1. The van der Waals surface area contributed by atoms with Gasteiger partial charge in [0.05, 0.1) is 0 Å². The van der Waals surface area contributed by atoms with Gasteiger partial charge in [-0.15, -0.1) is 0 Å². The van der Waals surface area contributed by atoms with Gasteiger partial charge < -0.3 is 11.1 Å². The molecule has 1 heterocycles. The SMILES string of the molecule is Cc1ccc(NC(=O)N2CCc3cc(N)ccc32)cc1. The lowest BCUT2D eigenvalue weighted by molar-refractivity contribution is 0.257. The topological polar surface area (TPSA) is 58.4 Å². The van der Waals surface area contributed by atoms with Crippen molar-refractivity contribution in [1.82, 2.24) is 0 Å². The van der Waals surface area contributed by atoms with Gasteiger partial charge in [0.2, 0.25) is 0 Å². The summed E-state index contributed by atoms with van der Waals surface area (Å²) in [6.45, 7) is 2.71. The molecule has 0 saturated carbocycles. The highest BCUT2D eigenvalue weighted by atomic mass is 16.2. The van der Waals surface area contributed by atoms with Crippen molar-refractivity contribution in [2.75, 3.05) is 22.5 Å². The molecule has 20 heavy (non-hydrogen) atoms. The average molecular weight is 267 g/mol.